The van der Waals surface area contributed by atoms with E-state index in [2.05, 4.69) is 36.7 Å². The average Bonchev–Trinajstić information content (AvgIpc) is 1.91. The Bertz CT molecular complexity index is 51.9. The van der Waals surface area contributed by atoms with Gasteiger partial charge in [-0.05, 0) is 0 Å². The van der Waals surface area contributed by atoms with Crippen molar-refractivity contribution in [3.05, 3.63) is 12.7 Å². The Balaban J connectivity index is -0.0000000221. The van der Waals surface area contributed by atoms with E-state index in [9.17, 15) is 0 Å². The Morgan fingerprint density at radius 2 is 1.42 bits per heavy atom. The van der Waals surface area contributed by atoms with Crippen LogP contribution in [0, 0.1) is 0 Å². The molecule has 0 radical (unpaired) electrons. The van der Waals surface area contributed by atoms with Crippen molar-refractivity contribution in [2.24, 2.45) is 0 Å². The van der Waals surface area contributed by atoms with Crippen molar-refractivity contribution < 1.29 is 37.2 Å². The summed E-state index contributed by atoms with van der Waals surface area (Å²) in [6.07, 6.45) is 1.84. The van der Waals surface area contributed by atoms with Crippen LogP contribution in [0.1, 0.15) is 13.8 Å². The smallest absolute Gasteiger partial charge is 1.00 e. The average molecular weight is 260 g/mol. The van der Waals surface area contributed by atoms with Crippen LogP contribution in [0.4, 0.5) is 0 Å². The van der Waals surface area contributed by atoms with E-state index >= 15 is 0 Å². The molecular formula is C7H15Al2Cl3. The molecule has 5 heteroatoms. The van der Waals surface area contributed by atoms with Gasteiger partial charge in [0.1, 0.15) is 0 Å². The quantitative estimate of drug-likeness (QED) is 0.349. The van der Waals surface area contributed by atoms with Crippen LogP contribution < -0.4 is 37.2 Å². The van der Waals surface area contributed by atoms with Gasteiger partial charge in [-0.1, -0.05) is 0 Å². The van der Waals surface area contributed by atoms with Gasteiger partial charge in [-0.3, -0.25) is 0 Å². The molecule has 0 heterocycles. The molecule has 0 aliphatic heterocycles. The van der Waals surface area contributed by atoms with Crippen molar-refractivity contribution in [3.8, 4) is 0 Å². The van der Waals surface area contributed by atoms with E-state index in [-0.39, 0.29) is 37.2 Å². The summed E-state index contributed by atoms with van der Waals surface area (Å²) in [5.74, 6) is 0. The largest absolute Gasteiger partial charge is 1.00 e. The van der Waals surface area contributed by atoms with Crippen molar-refractivity contribution in [2.45, 2.75) is 29.7 Å². The number of allylic oxidation sites excluding steroid dienone is 1. The van der Waals surface area contributed by atoms with Crippen LogP contribution in [-0.2, 0) is 0 Å². The van der Waals surface area contributed by atoms with Crippen LogP contribution in [0.15, 0.2) is 12.7 Å². The predicted molar refractivity (Wildman–Crippen MR) is 47.5 cm³/mol. The molecule has 0 atom stereocenters. The number of halogens is 3. The second kappa shape index (κ2) is 38.8. The summed E-state index contributed by atoms with van der Waals surface area (Å²) in [5.41, 5.74) is 0. The molecule has 0 unspecified atom stereocenters. The Labute approximate surface area is 110 Å². The van der Waals surface area contributed by atoms with E-state index in [4.69, 9.17) is 0 Å². The molecule has 0 rings (SSSR count). The minimum Gasteiger partial charge on any atom is -1.00 e. The van der Waals surface area contributed by atoms with Gasteiger partial charge in [0.05, 0.1) is 0 Å². The molecule has 0 spiro atoms. The second-order valence-corrected chi connectivity index (χ2v) is 4.31. The first-order chi connectivity index (χ1) is 4.33. The van der Waals surface area contributed by atoms with Gasteiger partial charge in [-0.15, -0.1) is 0 Å². The number of hydrogen-bond acceptors (Lipinski definition) is 0. The maximum absolute atomic E-state index is 3.46. The predicted octanol–water partition coefficient (Wildman–Crippen LogP) is -6.66. The van der Waals surface area contributed by atoms with Gasteiger partial charge in [0.2, 0.25) is 0 Å². The zero-order valence-electron chi connectivity index (χ0n) is 7.69. The second-order valence-electron chi connectivity index (χ2n) is 1.63. The maximum atomic E-state index is 3.46. The molecule has 0 aromatic rings. The van der Waals surface area contributed by atoms with Gasteiger partial charge in [0.15, 0.2) is 0 Å². The molecule has 0 aromatic heterocycles. The Kier molecular flexibility index (Phi) is 94.3. The van der Waals surface area contributed by atoms with Crippen LogP contribution in [0.25, 0.3) is 0 Å². The van der Waals surface area contributed by atoms with E-state index in [1.807, 2.05) is 6.08 Å². The zero-order chi connectivity index (χ0) is 7.54. The molecule has 0 saturated heterocycles. The first-order valence-corrected chi connectivity index (χ1v) is 5.90. The van der Waals surface area contributed by atoms with E-state index in [1.165, 1.54) is 10.6 Å². The van der Waals surface area contributed by atoms with Crippen LogP contribution in [-0.4, -0.2) is 31.5 Å². The molecule has 0 aliphatic rings. The minimum atomic E-state index is 0. The van der Waals surface area contributed by atoms with Gasteiger partial charge in [-0.25, -0.2) is 0 Å². The summed E-state index contributed by atoms with van der Waals surface area (Å²) in [4.78, 5) is 0. The molecule has 0 saturated carbocycles. The molecule has 70 valence electrons. The van der Waals surface area contributed by atoms with Gasteiger partial charge < -0.3 is 37.2 Å². The van der Waals surface area contributed by atoms with Crippen molar-refractivity contribution in [1.82, 2.24) is 0 Å². The van der Waals surface area contributed by atoms with Crippen molar-refractivity contribution >= 4 is 31.5 Å². The van der Waals surface area contributed by atoms with Crippen LogP contribution >= 0.6 is 0 Å². The Morgan fingerprint density at radius 1 is 1.17 bits per heavy atom. The minimum absolute atomic E-state index is 0. The van der Waals surface area contributed by atoms with Crippen LogP contribution in [0.5, 0.6) is 0 Å². The van der Waals surface area contributed by atoms with Gasteiger partial charge in [-0.2, -0.15) is 0 Å². The Hall–Kier alpha value is 1.67. The molecule has 0 amide bonds. The van der Waals surface area contributed by atoms with Crippen molar-refractivity contribution in [2.75, 3.05) is 0 Å². The SMILES string of the molecule is C=C[CH2][Al+2].C[CH2][Al+][CH2]C.[Cl-].[Cl-].[Cl-]. The summed E-state index contributed by atoms with van der Waals surface area (Å²) in [7, 11) is 0. The third-order valence-corrected chi connectivity index (χ3v) is 2.23. The van der Waals surface area contributed by atoms with E-state index in [1.54, 1.807) is 0 Å². The summed E-state index contributed by atoms with van der Waals surface area (Å²) in [6.45, 7) is 7.96. The van der Waals surface area contributed by atoms with Crippen molar-refractivity contribution in [3.63, 3.8) is 0 Å². The third kappa shape index (κ3) is 60.9. The third-order valence-electron chi connectivity index (χ3n) is 0.744. The van der Waals surface area contributed by atoms with Gasteiger partial charge in [0.25, 0.3) is 0 Å². The summed E-state index contributed by atoms with van der Waals surface area (Å²) < 4.78 is 0. The fraction of sp³-hybridized carbons (Fsp3) is 0.714. The monoisotopic (exact) mass is 258 g/mol. The summed E-state index contributed by atoms with van der Waals surface area (Å²) >= 11 is 3.35. The van der Waals surface area contributed by atoms with Crippen LogP contribution in [0.2, 0.25) is 15.8 Å². The first-order valence-electron chi connectivity index (χ1n) is 3.46. The number of hydrogen-bond donors (Lipinski definition) is 0. The maximum Gasteiger partial charge on any atom is -1.00 e. The first kappa shape index (κ1) is 29.2. The molecule has 0 N–H and O–H groups in total. The zero-order valence-corrected chi connectivity index (χ0v) is 12.3. The fourth-order valence-electron chi connectivity index (χ4n) is 0.289. The Morgan fingerprint density at radius 3 is 1.42 bits per heavy atom. The van der Waals surface area contributed by atoms with Gasteiger partial charge >= 0.3 is 73.9 Å². The number of rotatable bonds is 3. The topological polar surface area (TPSA) is 0 Å². The standard InChI is InChI=1S/C3H5.2C2H5.2Al.3ClH/c1-3-2;2*1-2;;;;;/h3H,1-2H2;2*1H2,2H3;;;3*1H/q;;;+1;+2;;;/p-3. The molecule has 0 fully saturated rings. The molecule has 0 aromatic carbocycles. The normalized spacial score (nSPS) is 5.00. The molecule has 0 bridgehead atoms. The van der Waals surface area contributed by atoms with E-state index in [0.717, 1.165) is 20.5 Å². The van der Waals surface area contributed by atoms with Crippen molar-refractivity contribution in [1.29, 1.82) is 0 Å². The molecular weight excluding hydrogens is 244 g/mol. The van der Waals surface area contributed by atoms with E-state index in [0.29, 0.717) is 0 Å². The van der Waals surface area contributed by atoms with Gasteiger partial charge in [0, 0.05) is 0 Å². The summed E-state index contributed by atoms with van der Waals surface area (Å²) in [5, 5.41) is 3.85. The molecule has 0 nitrogen and oxygen atoms in total. The van der Waals surface area contributed by atoms with E-state index < -0.39 is 0 Å². The molecule has 12 heavy (non-hydrogen) atoms. The van der Waals surface area contributed by atoms with Crippen LogP contribution in [0.3, 0.4) is 0 Å². The fourth-order valence-corrected chi connectivity index (χ4v) is 0.866. The molecule has 0 aliphatic carbocycles. The summed E-state index contributed by atoms with van der Waals surface area (Å²) in [6, 6.07) is 0.